The zero-order valence-electron chi connectivity index (χ0n) is 17.0. The average molecular weight is 393 g/mol. The first-order valence-corrected chi connectivity index (χ1v) is 10.3. The maximum absolute atomic E-state index is 12.5. The number of ether oxygens (including phenoxy) is 1. The van der Waals surface area contributed by atoms with Crippen LogP contribution in [0.15, 0.2) is 48.8 Å². The number of anilines is 1. The molecule has 0 saturated carbocycles. The molecule has 6 nitrogen and oxygen atoms in total. The maximum atomic E-state index is 12.5. The maximum Gasteiger partial charge on any atom is 0.341 e. The van der Waals surface area contributed by atoms with Crippen LogP contribution in [0.1, 0.15) is 36.2 Å². The molecule has 3 aromatic rings. The second-order valence-electron chi connectivity index (χ2n) is 7.74. The molecule has 0 bridgehead atoms. The van der Waals surface area contributed by atoms with E-state index >= 15 is 0 Å². The number of likely N-dealkylation sites (tertiary alicyclic amines) is 1. The molecule has 0 unspecified atom stereocenters. The molecule has 1 aromatic carbocycles. The fraction of sp³-hybridized carbons (Fsp3) is 0.391. The van der Waals surface area contributed by atoms with Crippen molar-refractivity contribution in [3.05, 3.63) is 59.9 Å². The first-order valence-electron chi connectivity index (χ1n) is 10.3. The summed E-state index contributed by atoms with van der Waals surface area (Å²) in [5.41, 5.74) is 3.44. The summed E-state index contributed by atoms with van der Waals surface area (Å²) in [4.78, 5) is 22.5. The highest BCUT2D eigenvalue weighted by Crippen LogP contribution is 2.30. The van der Waals surface area contributed by atoms with Crippen molar-refractivity contribution in [3.8, 4) is 0 Å². The Hall–Kier alpha value is -2.86. The second-order valence-corrected chi connectivity index (χ2v) is 7.74. The number of carbonyl (C=O) groups excluding carboxylic acids is 1. The smallest absolute Gasteiger partial charge is 0.341 e. The van der Waals surface area contributed by atoms with E-state index in [1.807, 2.05) is 19.2 Å². The molecular weight excluding hydrogens is 364 g/mol. The van der Waals surface area contributed by atoms with Gasteiger partial charge < -0.3 is 15.0 Å². The van der Waals surface area contributed by atoms with Gasteiger partial charge in [0.25, 0.3) is 0 Å². The van der Waals surface area contributed by atoms with Crippen molar-refractivity contribution in [3.63, 3.8) is 0 Å². The molecule has 2 atom stereocenters. The standard InChI is InChI=1S/C23H28N4O2/c1-3-29-23(28)19-13-25-22-18(9-11-24-22)21(19)26-20-10-12-27(14-16(20)2)15-17-7-5-4-6-8-17/h4-9,11,13,16,20H,3,10,12,14-15H2,1-2H3,(H2,24,25,26)/t16-,20+/m1/s1. The highest BCUT2D eigenvalue weighted by atomic mass is 16.5. The third-order valence-corrected chi connectivity index (χ3v) is 5.65. The van der Waals surface area contributed by atoms with Crippen molar-refractivity contribution >= 4 is 22.7 Å². The van der Waals surface area contributed by atoms with E-state index in [0.29, 0.717) is 18.1 Å². The number of pyridine rings is 1. The normalized spacial score (nSPS) is 19.9. The number of hydrogen-bond acceptors (Lipinski definition) is 5. The number of piperidine rings is 1. The third kappa shape index (κ3) is 4.27. The number of esters is 1. The van der Waals surface area contributed by atoms with Crippen LogP contribution in [0, 0.1) is 5.92 Å². The van der Waals surface area contributed by atoms with Gasteiger partial charge in [-0.2, -0.15) is 0 Å². The summed E-state index contributed by atoms with van der Waals surface area (Å²) in [6.45, 7) is 7.45. The fourth-order valence-corrected chi connectivity index (χ4v) is 4.14. The minimum Gasteiger partial charge on any atom is -0.462 e. The molecule has 6 heteroatoms. The van der Waals surface area contributed by atoms with Gasteiger partial charge in [0.2, 0.25) is 0 Å². The van der Waals surface area contributed by atoms with Crippen molar-refractivity contribution < 1.29 is 9.53 Å². The van der Waals surface area contributed by atoms with Crippen molar-refractivity contribution in [2.75, 3.05) is 25.0 Å². The topological polar surface area (TPSA) is 70.2 Å². The van der Waals surface area contributed by atoms with Crippen molar-refractivity contribution in [2.24, 2.45) is 5.92 Å². The molecule has 1 aliphatic heterocycles. The molecule has 0 aliphatic carbocycles. The molecular formula is C23H28N4O2. The van der Waals surface area contributed by atoms with Crippen LogP contribution in [0.4, 0.5) is 5.69 Å². The molecule has 3 heterocycles. The van der Waals surface area contributed by atoms with Gasteiger partial charge in [-0.05, 0) is 30.9 Å². The Balaban J connectivity index is 1.51. The zero-order chi connectivity index (χ0) is 20.2. The van der Waals surface area contributed by atoms with E-state index in [0.717, 1.165) is 42.8 Å². The number of nitrogens with zero attached hydrogens (tertiary/aromatic N) is 2. The van der Waals surface area contributed by atoms with Crippen molar-refractivity contribution in [1.82, 2.24) is 14.9 Å². The number of benzene rings is 1. The molecule has 0 amide bonds. The lowest BCUT2D eigenvalue weighted by Crippen LogP contribution is -2.45. The summed E-state index contributed by atoms with van der Waals surface area (Å²) in [5.74, 6) is 0.115. The predicted molar refractivity (Wildman–Crippen MR) is 115 cm³/mol. The Morgan fingerprint density at radius 2 is 2.14 bits per heavy atom. The molecule has 1 fully saturated rings. The summed E-state index contributed by atoms with van der Waals surface area (Å²) in [7, 11) is 0. The number of fused-ring (bicyclic) bond motifs is 1. The Morgan fingerprint density at radius 3 is 2.90 bits per heavy atom. The molecule has 1 aliphatic rings. The van der Waals surface area contributed by atoms with Crippen LogP contribution in [0.3, 0.4) is 0 Å². The minimum atomic E-state index is -0.334. The molecule has 152 valence electrons. The van der Waals surface area contributed by atoms with Gasteiger partial charge in [0.15, 0.2) is 0 Å². The van der Waals surface area contributed by atoms with Gasteiger partial charge in [-0.1, -0.05) is 37.3 Å². The van der Waals surface area contributed by atoms with Gasteiger partial charge in [-0.25, -0.2) is 9.78 Å². The van der Waals surface area contributed by atoms with E-state index in [1.54, 1.807) is 6.20 Å². The van der Waals surface area contributed by atoms with Crippen LogP contribution in [-0.2, 0) is 11.3 Å². The molecule has 4 rings (SSSR count). The van der Waals surface area contributed by atoms with Gasteiger partial charge in [-0.15, -0.1) is 0 Å². The molecule has 0 spiro atoms. The number of nitrogens with one attached hydrogen (secondary N) is 2. The largest absolute Gasteiger partial charge is 0.462 e. The zero-order valence-corrected chi connectivity index (χ0v) is 17.0. The summed E-state index contributed by atoms with van der Waals surface area (Å²) in [6.07, 6.45) is 4.47. The number of aromatic nitrogens is 2. The van der Waals surface area contributed by atoms with Crippen LogP contribution in [0.25, 0.3) is 11.0 Å². The van der Waals surface area contributed by atoms with Gasteiger partial charge in [0.05, 0.1) is 12.3 Å². The Labute approximate surface area is 171 Å². The van der Waals surface area contributed by atoms with E-state index in [4.69, 9.17) is 4.74 Å². The van der Waals surface area contributed by atoms with E-state index < -0.39 is 0 Å². The number of H-pyrrole nitrogens is 1. The molecule has 0 radical (unpaired) electrons. The second kappa shape index (κ2) is 8.66. The highest BCUT2D eigenvalue weighted by molar-refractivity contribution is 6.04. The van der Waals surface area contributed by atoms with Crippen LogP contribution < -0.4 is 5.32 Å². The molecule has 2 aromatic heterocycles. The molecule has 2 N–H and O–H groups in total. The molecule has 29 heavy (non-hydrogen) atoms. The molecule has 1 saturated heterocycles. The van der Waals surface area contributed by atoms with Gasteiger partial charge in [0, 0.05) is 43.5 Å². The Morgan fingerprint density at radius 1 is 1.31 bits per heavy atom. The van der Waals surface area contributed by atoms with Crippen molar-refractivity contribution in [1.29, 1.82) is 0 Å². The number of carbonyl (C=O) groups is 1. The van der Waals surface area contributed by atoms with Crippen LogP contribution in [0.2, 0.25) is 0 Å². The van der Waals surface area contributed by atoms with Crippen LogP contribution in [-0.4, -0.2) is 46.6 Å². The van der Waals surface area contributed by atoms with Gasteiger partial charge in [0.1, 0.15) is 11.2 Å². The predicted octanol–water partition coefficient (Wildman–Crippen LogP) is 4.06. The number of aromatic amines is 1. The average Bonchev–Trinajstić information content (AvgIpc) is 3.20. The lowest BCUT2D eigenvalue weighted by Gasteiger charge is -2.38. The Bertz CT molecular complexity index is 969. The summed E-state index contributed by atoms with van der Waals surface area (Å²) >= 11 is 0. The SMILES string of the molecule is CCOC(=O)c1cnc2[nH]ccc2c1N[C@H]1CCN(Cc2ccccc2)C[C@H]1C. The number of rotatable bonds is 6. The summed E-state index contributed by atoms with van der Waals surface area (Å²) in [6, 6.07) is 12.9. The Kier molecular flexibility index (Phi) is 5.81. The van der Waals surface area contributed by atoms with E-state index in [9.17, 15) is 4.79 Å². The first kappa shape index (κ1) is 19.5. The van der Waals surface area contributed by atoms with Gasteiger partial charge >= 0.3 is 5.97 Å². The minimum absolute atomic E-state index is 0.288. The van der Waals surface area contributed by atoms with Crippen LogP contribution >= 0.6 is 0 Å². The third-order valence-electron chi connectivity index (χ3n) is 5.65. The monoisotopic (exact) mass is 392 g/mol. The first-order chi connectivity index (χ1) is 14.2. The van der Waals surface area contributed by atoms with Crippen molar-refractivity contribution in [2.45, 2.75) is 32.9 Å². The lowest BCUT2D eigenvalue weighted by molar-refractivity contribution is 0.0527. The van der Waals surface area contributed by atoms with E-state index in [-0.39, 0.29) is 12.0 Å². The highest BCUT2D eigenvalue weighted by Gasteiger charge is 2.28. The lowest BCUT2D eigenvalue weighted by atomic mass is 9.92. The summed E-state index contributed by atoms with van der Waals surface area (Å²) in [5, 5.41) is 4.59. The van der Waals surface area contributed by atoms with Crippen LogP contribution in [0.5, 0.6) is 0 Å². The number of hydrogen-bond donors (Lipinski definition) is 2. The summed E-state index contributed by atoms with van der Waals surface area (Å²) < 4.78 is 5.26. The van der Waals surface area contributed by atoms with E-state index in [2.05, 4.69) is 57.4 Å². The fourth-order valence-electron chi connectivity index (χ4n) is 4.14. The quantitative estimate of drug-likeness (QED) is 0.619. The van der Waals surface area contributed by atoms with Gasteiger partial charge in [-0.3, -0.25) is 4.90 Å². The van der Waals surface area contributed by atoms with E-state index in [1.165, 1.54) is 5.56 Å².